The monoisotopic (exact) mass is 332 g/mol. The number of halogens is 2. The van der Waals surface area contributed by atoms with Crippen molar-refractivity contribution < 1.29 is 13.6 Å². The third-order valence-electron chi connectivity index (χ3n) is 4.73. The average Bonchev–Trinajstić information content (AvgIpc) is 3.00. The summed E-state index contributed by atoms with van der Waals surface area (Å²) in [7, 11) is 0. The van der Waals surface area contributed by atoms with Crippen molar-refractivity contribution in [3.05, 3.63) is 58.9 Å². The van der Waals surface area contributed by atoms with E-state index in [0.29, 0.717) is 25.1 Å². The number of carbonyl (C=O) groups excluding carboxylic acids is 1. The molecule has 1 fully saturated rings. The lowest BCUT2D eigenvalue weighted by Crippen LogP contribution is -2.40. The molecule has 2 aromatic rings. The number of likely N-dealkylation sites (tertiary alicyclic amines) is 1. The van der Waals surface area contributed by atoms with Gasteiger partial charge in [0.2, 0.25) is 0 Å². The van der Waals surface area contributed by atoms with Gasteiger partial charge in [-0.1, -0.05) is 6.07 Å². The lowest BCUT2D eigenvalue weighted by molar-refractivity contribution is 0.0662. The number of amides is 1. The van der Waals surface area contributed by atoms with Crippen LogP contribution in [0.2, 0.25) is 0 Å². The summed E-state index contributed by atoms with van der Waals surface area (Å²) in [6.07, 6.45) is 4.78. The van der Waals surface area contributed by atoms with Crippen LogP contribution in [0.1, 0.15) is 40.9 Å². The number of benzene rings is 1. The highest BCUT2D eigenvalue weighted by Gasteiger charge is 2.25. The molecule has 1 aliphatic rings. The Bertz CT molecular complexity index is 706. The number of nitrogens with zero attached hydrogens (tertiary/aromatic N) is 1. The molecule has 0 bridgehead atoms. The van der Waals surface area contributed by atoms with Crippen molar-refractivity contribution in [3.8, 4) is 0 Å². The van der Waals surface area contributed by atoms with Crippen LogP contribution in [0.5, 0.6) is 0 Å². The molecule has 0 saturated carbocycles. The highest BCUT2D eigenvalue weighted by atomic mass is 19.1. The van der Waals surface area contributed by atoms with Gasteiger partial charge in [-0.15, -0.1) is 0 Å². The smallest absolute Gasteiger partial charge is 0.270 e. The summed E-state index contributed by atoms with van der Waals surface area (Å²) in [5.74, 6) is -0.691. The fourth-order valence-electron chi connectivity index (χ4n) is 3.40. The summed E-state index contributed by atoms with van der Waals surface area (Å²) in [6, 6.07) is 5.82. The van der Waals surface area contributed by atoms with E-state index in [0.717, 1.165) is 24.9 Å². The minimum absolute atomic E-state index is 0.00451. The standard InChI is InChI=1S/C19H22F2N2O/c1-13-10-18(22-11-13)19(24)23-9-3-4-14(12-23)7-8-15-16(20)5-2-6-17(15)21/h2,5-6,10-11,14,22H,3-4,7-9,12H2,1H3/t14-/m0/s1. The number of hydrogen-bond acceptors (Lipinski definition) is 1. The van der Waals surface area contributed by atoms with Crippen LogP contribution < -0.4 is 0 Å². The van der Waals surface area contributed by atoms with Gasteiger partial charge in [0.05, 0.1) is 0 Å². The Morgan fingerprint density at radius 3 is 2.75 bits per heavy atom. The number of H-pyrrole nitrogens is 1. The Labute approximate surface area is 140 Å². The van der Waals surface area contributed by atoms with Crippen LogP contribution in [-0.2, 0) is 6.42 Å². The van der Waals surface area contributed by atoms with Gasteiger partial charge in [0.25, 0.3) is 5.91 Å². The van der Waals surface area contributed by atoms with Crippen molar-refractivity contribution in [1.29, 1.82) is 0 Å². The summed E-state index contributed by atoms with van der Waals surface area (Å²) < 4.78 is 27.4. The maximum absolute atomic E-state index is 13.7. The second-order valence-electron chi connectivity index (χ2n) is 6.59. The highest BCUT2D eigenvalue weighted by Crippen LogP contribution is 2.24. The van der Waals surface area contributed by atoms with E-state index in [1.165, 1.54) is 18.2 Å². The quantitative estimate of drug-likeness (QED) is 0.899. The van der Waals surface area contributed by atoms with Gasteiger partial charge in [-0.3, -0.25) is 4.79 Å². The van der Waals surface area contributed by atoms with Gasteiger partial charge in [0.15, 0.2) is 0 Å². The van der Waals surface area contributed by atoms with Crippen molar-refractivity contribution in [2.75, 3.05) is 13.1 Å². The van der Waals surface area contributed by atoms with E-state index in [1.807, 2.05) is 24.1 Å². The van der Waals surface area contributed by atoms with E-state index < -0.39 is 11.6 Å². The Kier molecular flexibility index (Phi) is 4.97. The second-order valence-corrected chi connectivity index (χ2v) is 6.59. The number of aromatic amines is 1. The first-order chi connectivity index (χ1) is 11.5. The molecule has 24 heavy (non-hydrogen) atoms. The van der Waals surface area contributed by atoms with Crippen molar-refractivity contribution in [1.82, 2.24) is 9.88 Å². The number of aryl methyl sites for hydroxylation is 1. The predicted octanol–water partition coefficient (Wildman–Crippen LogP) is 4.09. The van der Waals surface area contributed by atoms with Gasteiger partial charge in [0, 0.05) is 24.8 Å². The van der Waals surface area contributed by atoms with Crippen molar-refractivity contribution in [2.24, 2.45) is 5.92 Å². The predicted molar refractivity (Wildman–Crippen MR) is 88.8 cm³/mol. The van der Waals surface area contributed by atoms with Gasteiger partial charge in [-0.2, -0.15) is 0 Å². The number of hydrogen-bond donors (Lipinski definition) is 1. The molecule has 1 amide bonds. The second kappa shape index (κ2) is 7.16. The topological polar surface area (TPSA) is 36.1 Å². The van der Waals surface area contributed by atoms with E-state index in [9.17, 15) is 13.6 Å². The molecule has 3 nitrogen and oxygen atoms in total. The summed E-state index contributed by atoms with van der Waals surface area (Å²) in [5.41, 5.74) is 1.79. The molecule has 0 aliphatic carbocycles. The molecule has 0 unspecified atom stereocenters. The molecule has 1 atom stereocenters. The van der Waals surface area contributed by atoms with Crippen LogP contribution in [0.4, 0.5) is 8.78 Å². The lowest BCUT2D eigenvalue weighted by Gasteiger charge is -2.32. The van der Waals surface area contributed by atoms with E-state index in [-0.39, 0.29) is 17.4 Å². The highest BCUT2D eigenvalue weighted by molar-refractivity contribution is 5.92. The molecule has 1 N–H and O–H groups in total. The zero-order valence-electron chi connectivity index (χ0n) is 13.8. The molecule has 0 radical (unpaired) electrons. The molecule has 0 spiro atoms. The minimum Gasteiger partial charge on any atom is -0.357 e. The first-order valence-corrected chi connectivity index (χ1v) is 8.42. The number of aromatic nitrogens is 1. The Hall–Kier alpha value is -2.17. The molecule has 1 aliphatic heterocycles. The van der Waals surface area contributed by atoms with Crippen LogP contribution in [-0.4, -0.2) is 28.9 Å². The fourth-order valence-corrected chi connectivity index (χ4v) is 3.40. The number of carbonyl (C=O) groups is 1. The SMILES string of the molecule is Cc1c[nH]c(C(=O)N2CCC[C@@H](CCc3c(F)cccc3F)C2)c1. The molecular formula is C19H22F2N2O. The normalized spacial score (nSPS) is 18.0. The number of nitrogens with one attached hydrogen (secondary N) is 1. The zero-order valence-corrected chi connectivity index (χ0v) is 13.8. The van der Waals surface area contributed by atoms with Crippen molar-refractivity contribution in [3.63, 3.8) is 0 Å². The van der Waals surface area contributed by atoms with Crippen LogP contribution >= 0.6 is 0 Å². The van der Waals surface area contributed by atoms with Crippen molar-refractivity contribution in [2.45, 2.75) is 32.6 Å². The Balaban J connectivity index is 1.60. The van der Waals surface area contributed by atoms with Crippen molar-refractivity contribution >= 4 is 5.91 Å². The molecule has 3 rings (SSSR count). The van der Waals surface area contributed by atoms with Gasteiger partial charge in [0.1, 0.15) is 17.3 Å². The number of piperidine rings is 1. The minimum atomic E-state index is -0.486. The van der Waals surface area contributed by atoms with Crippen LogP contribution in [0, 0.1) is 24.5 Å². The molecule has 1 saturated heterocycles. The lowest BCUT2D eigenvalue weighted by atomic mass is 9.91. The number of rotatable bonds is 4. The van der Waals surface area contributed by atoms with E-state index in [2.05, 4.69) is 4.98 Å². The fraction of sp³-hybridized carbons (Fsp3) is 0.421. The van der Waals surface area contributed by atoms with Crippen LogP contribution in [0.25, 0.3) is 0 Å². The Morgan fingerprint density at radius 1 is 1.33 bits per heavy atom. The zero-order chi connectivity index (χ0) is 17.1. The molecule has 1 aromatic carbocycles. The average molecular weight is 332 g/mol. The first kappa shape index (κ1) is 16.7. The molecular weight excluding hydrogens is 310 g/mol. The largest absolute Gasteiger partial charge is 0.357 e. The Morgan fingerprint density at radius 2 is 2.08 bits per heavy atom. The summed E-state index contributed by atoms with van der Waals surface area (Å²) in [6.45, 7) is 3.32. The third-order valence-corrected chi connectivity index (χ3v) is 4.73. The maximum Gasteiger partial charge on any atom is 0.270 e. The first-order valence-electron chi connectivity index (χ1n) is 8.42. The molecule has 5 heteroatoms. The molecule has 128 valence electrons. The summed E-state index contributed by atoms with van der Waals surface area (Å²) in [4.78, 5) is 17.4. The molecule has 2 heterocycles. The summed E-state index contributed by atoms with van der Waals surface area (Å²) >= 11 is 0. The van der Waals surface area contributed by atoms with Crippen LogP contribution in [0.3, 0.4) is 0 Å². The van der Waals surface area contributed by atoms with Gasteiger partial charge >= 0.3 is 0 Å². The molecule has 1 aromatic heterocycles. The van der Waals surface area contributed by atoms with Gasteiger partial charge < -0.3 is 9.88 Å². The van der Waals surface area contributed by atoms with E-state index in [1.54, 1.807) is 0 Å². The maximum atomic E-state index is 13.7. The van der Waals surface area contributed by atoms with E-state index >= 15 is 0 Å². The van der Waals surface area contributed by atoms with Crippen LogP contribution in [0.15, 0.2) is 30.5 Å². The summed E-state index contributed by atoms with van der Waals surface area (Å²) in [5, 5.41) is 0. The van der Waals surface area contributed by atoms with E-state index in [4.69, 9.17) is 0 Å². The van der Waals surface area contributed by atoms with Gasteiger partial charge in [-0.05, 0) is 62.3 Å². The third kappa shape index (κ3) is 3.66. The van der Waals surface area contributed by atoms with Gasteiger partial charge in [-0.25, -0.2) is 8.78 Å².